The summed E-state index contributed by atoms with van der Waals surface area (Å²) in [6.07, 6.45) is 7.00. The number of aliphatic imine (C=N–C) groups is 1. The molecule has 4 aliphatic rings. The van der Waals surface area contributed by atoms with E-state index in [4.69, 9.17) is 24.7 Å². The molecule has 4 amide bonds. The van der Waals surface area contributed by atoms with Gasteiger partial charge in [-0.25, -0.2) is 0 Å². The number of carbonyl (C=O) groups excluding carboxylic acids is 4. The Labute approximate surface area is 364 Å². The van der Waals surface area contributed by atoms with Crippen LogP contribution in [0.25, 0.3) is 0 Å². The summed E-state index contributed by atoms with van der Waals surface area (Å²) in [5.74, 6) is 0.243. The van der Waals surface area contributed by atoms with E-state index in [0.717, 1.165) is 38.3 Å². The maximum absolute atomic E-state index is 14.1. The van der Waals surface area contributed by atoms with Gasteiger partial charge in [-0.05, 0) is 57.5 Å². The molecule has 4 N–H and O–H groups in total. The van der Waals surface area contributed by atoms with Crippen molar-refractivity contribution in [1.29, 1.82) is 0 Å². The zero-order valence-corrected chi connectivity index (χ0v) is 37.1. The summed E-state index contributed by atoms with van der Waals surface area (Å²) in [6.45, 7) is 17.4. The van der Waals surface area contributed by atoms with Gasteiger partial charge in [-0.2, -0.15) is 0 Å². The van der Waals surface area contributed by atoms with Crippen molar-refractivity contribution >= 4 is 41.2 Å². The Kier molecular flexibility index (Phi) is 14.8. The summed E-state index contributed by atoms with van der Waals surface area (Å²) in [7, 11) is 6.86. The van der Waals surface area contributed by atoms with Crippen LogP contribution in [-0.2, 0) is 9.59 Å². The number of ether oxygens (including phenoxy) is 4. The Hall–Kier alpha value is -5.65. The highest BCUT2D eigenvalue weighted by Gasteiger charge is 2.52. The van der Waals surface area contributed by atoms with Crippen molar-refractivity contribution in [3.05, 3.63) is 60.8 Å². The van der Waals surface area contributed by atoms with Crippen LogP contribution in [0.15, 0.2) is 54.7 Å². The molecule has 6 atom stereocenters. The highest BCUT2D eigenvalue weighted by atomic mass is 16.5. The first-order valence-corrected chi connectivity index (χ1v) is 21.4. The third kappa shape index (κ3) is 9.85. The van der Waals surface area contributed by atoms with Gasteiger partial charge in [0.2, 0.25) is 11.8 Å². The Morgan fingerprint density at radius 3 is 2.23 bits per heavy atom. The second-order valence-electron chi connectivity index (χ2n) is 16.6. The minimum absolute atomic E-state index is 0.0905. The lowest BCUT2D eigenvalue weighted by molar-refractivity contribution is -0.130. The number of carbonyl (C=O) groups is 4. The van der Waals surface area contributed by atoms with Crippen molar-refractivity contribution in [2.75, 3.05) is 72.6 Å². The molecular formula is C45H63N9O8. The third-order valence-electron chi connectivity index (χ3n) is 12.0. The lowest BCUT2D eigenvalue weighted by atomic mass is 10.0. The summed E-state index contributed by atoms with van der Waals surface area (Å²) < 4.78 is 23.9. The van der Waals surface area contributed by atoms with Gasteiger partial charge in [0.15, 0.2) is 23.0 Å². The number of piperazine rings is 1. The van der Waals surface area contributed by atoms with Gasteiger partial charge in [-0.15, -0.1) is 6.58 Å². The fourth-order valence-electron chi connectivity index (χ4n) is 8.19. The fraction of sp³-hybridized carbons (Fsp3) is 0.533. The molecule has 3 fully saturated rings. The minimum atomic E-state index is -0.851. The van der Waals surface area contributed by atoms with Gasteiger partial charge in [0.05, 0.1) is 68.1 Å². The van der Waals surface area contributed by atoms with Crippen LogP contribution in [0.3, 0.4) is 0 Å². The molecule has 0 spiro atoms. The quantitative estimate of drug-likeness (QED) is 0.107. The molecule has 2 aromatic carbocycles. The van der Waals surface area contributed by atoms with Gasteiger partial charge in [0, 0.05) is 58.0 Å². The van der Waals surface area contributed by atoms with E-state index in [1.54, 1.807) is 50.4 Å². The van der Waals surface area contributed by atoms with E-state index in [1.807, 2.05) is 26.0 Å². The lowest BCUT2D eigenvalue weighted by Gasteiger charge is -2.32. The first kappa shape index (κ1) is 45.9. The summed E-state index contributed by atoms with van der Waals surface area (Å²) in [6, 6.07) is 5.14. The van der Waals surface area contributed by atoms with Crippen molar-refractivity contribution in [2.45, 2.75) is 83.0 Å². The van der Waals surface area contributed by atoms with Gasteiger partial charge < -0.3 is 54.9 Å². The molecule has 4 heterocycles. The molecule has 6 rings (SSSR count). The highest BCUT2D eigenvalue weighted by Crippen LogP contribution is 2.46. The first-order chi connectivity index (χ1) is 29.7. The smallest absolute Gasteiger partial charge is 0.259 e. The lowest BCUT2D eigenvalue weighted by Crippen LogP contribution is -2.56. The minimum Gasteiger partial charge on any atom is -0.493 e. The molecule has 17 heteroatoms. The zero-order chi connectivity index (χ0) is 44.8. The summed E-state index contributed by atoms with van der Waals surface area (Å²) in [4.78, 5) is 68.2. The van der Waals surface area contributed by atoms with Crippen LogP contribution in [0.2, 0.25) is 0 Å². The highest BCUT2D eigenvalue weighted by molar-refractivity contribution is 6.04. The number of hydrogen-bond donors (Lipinski definition) is 3. The molecule has 62 heavy (non-hydrogen) atoms. The van der Waals surface area contributed by atoms with Gasteiger partial charge in [-0.3, -0.25) is 29.1 Å². The van der Waals surface area contributed by atoms with Crippen molar-refractivity contribution in [3.63, 3.8) is 0 Å². The van der Waals surface area contributed by atoms with Crippen LogP contribution >= 0.6 is 0 Å². The number of likely N-dealkylation sites (N-methyl/N-ethyl adjacent to an activating group) is 1. The predicted molar refractivity (Wildman–Crippen MR) is 238 cm³/mol. The van der Waals surface area contributed by atoms with Crippen LogP contribution < -0.4 is 40.2 Å². The predicted octanol–water partition coefficient (Wildman–Crippen LogP) is 3.36. The van der Waals surface area contributed by atoms with Crippen LogP contribution in [0.4, 0.5) is 11.4 Å². The first-order valence-electron chi connectivity index (χ1n) is 21.4. The Morgan fingerprint density at radius 2 is 1.60 bits per heavy atom. The third-order valence-corrected chi connectivity index (χ3v) is 12.0. The molecule has 336 valence electrons. The number of nitrogens with two attached hydrogens (primary N) is 1. The fourth-order valence-corrected chi connectivity index (χ4v) is 8.19. The van der Waals surface area contributed by atoms with Gasteiger partial charge in [-0.1, -0.05) is 26.5 Å². The molecule has 0 bridgehead atoms. The van der Waals surface area contributed by atoms with Crippen LogP contribution in [-0.4, -0.2) is 154 Å². The molecule has 2 aromatic rings. The normalized spacial score (nSPS) is 21.9. The SMILES string of the molecule is C=CC[C@@H]1C(N2CCN(C)CC2)N1c1cc(OCCCOc2cc3c(cc2OC)C(=O)N2C(NC(=O)[C@H](C)NC(=O)[C@@H](N)C(C)C)CC[C@H]2C=N3)c(OC)cc1C(=O)N(C)C=C. The number of rotatable bonds is 19. The van der Waals surface area contributed by atoms with Gasteiger partial charge >= 0.3 is 0 Å². The van der Waals surface area contributed by atoms with Crippen molar-refractivity contribution in [1.82, 2.24) is 30.2 Å². The van der Waals surface area contributed by atoms with Crippen molar-refractivity contribution in [2.24, 2.45) is 16.6 Å². The molecule has 0 saturated carbocycles. The topological polar surface area (TPSA) is 184 Å². The summed E-state index contributed by atoms with van der Waals surface area (Å²) in [5.41, 5.74) is 7.94. The van der Waals surface area contributed by atoms with E-state index in [0.29, 0.717) is 59.1 Å². The molecule has 3 saturated heterocycles. The second kappa shape index (κ2) is 20.0. The molecule has 0 aliphatic carbocycles. The van der Waals surface area contributed by atoms with Crippen LogP contribution in [0.1, 0.15) is 67.2 Å². The van der Waals surface area contributed by atoms with E-state index in [9.17, 15) is 19.2 Å². The number of amides is 4. The van der Waals surface area contributed by atoms with E-state index >= 15 is 0 Å². The Bertz CT molecular complexity index is 2040. The number of nitrogens with zero attached hydrogens (tertiary/aromatic N) is 6. The van der Waals surface area contributed by atoms with Crippen molar-refractivity contribution < 1.29 is 38.1 Å². The number of benzene rings is 2. The number of methoxy groups -OCH3 is 2. The van der Waals surface area contributed by atoms with Crippen molar-refractivity contribution in [3.8, 4) is 23.0 Å². The molecule has 0 aromatic heterocycles. The average Bonchev–Trinajstić information content (AvgIpc) is 3.87. The maximum Gasteiger partial charge on any atom is 0.259 e. The number of anilines is 1. The average molecular weight is 858 g/mol. The standard InChI is InChI=1S/C45H63N9O8/c1-10-13-33-43(52-18-16-50(6)17-19-52)54(33)34-25-38(36(60-9)23-31(34)44(57)51(7)11-2)62-21-12-20-61-37-24-32-30(22-35(37)59-8)45(58)53-29(26-47-32)14-15-39(53)49-41(55)28(5)48-42(56)40(46)27(3)4/h10-11,22-29,33,39-40,43H,1-2,12-21,46H2,3-9H3,(H,48,56)(H,49,55)/t28-,29-,33+,39?,40-,43?,54?/m0/s1. The Morgan fingerprint density at radius 1 is 0.935 bits per heavy atom. The largest absolute Gasteiger partial charge is 0.493 e. The molecule has 2 unspecified atom stereocenters. The number of nitrogens with one attached hydrogen (secondary N) is 2. The molecule has 4 aliphatic heterocycles. The summed E-state index contributed by atoms with van der Waals surface area (Å²) >= 11 is 0. The van der Waals surface area contributed by atoms with Gasteiger partial charge in [0.25, 0.3) is 11.8 Å². The van der Waals surface area contributed by atoms with Crippen LogP contribution in [0.5, 0.6) is 23.0 Å². The summed E-state index contributed by atoms with van der Waals surface area (Å²) in [5, 5.41) is 5.60. The van der Waals surface area contributed by atoms with Crippen LogP contribution in [0, 0.1) is 5.92 Å². The second-order valence-corrected chi connectivity index (χ2v) is 16.6. The molecule has 0 radical (unpaired) electrons. The zero-order valence-electron chi connectivity index (χ0n) is 37.1. The van der Waals surface area contributed by atoms with E-state index < -0.39 is 30.1 Å². The van der Waals surface area contributed by atoms with E-state index in [1.165, 1.54) is 18.2 Å². The monoisotopic (exact) mass is 857 g/mol. The number of hydrogen-bond acceptors (Lipinski definition) is 13. The molecular weight excluding hydrogens is 795 g/mol. The van der Waals surface area contributed by atoms with E-state index in [2.05, 4.69) is 50.5 Å². The van der Waals surface area contributed by atoms with Gasteiger partial charge in [0.1, 0.15) is 18.4 Å². The molecule has 17 nitrogen and oxygen atoms in total. The Balaban J connectivity index is 1.12. The van der Waals surface area contributed by atoms with E-state index in [-0.39, 0.29) is 49.2 Å². The number of fused-ring (bicyclic) bond motifs is 2. The maximum atomic E-state index is 14.1.